The van der Waals surface area contributed by atoms with Gasteiger partial charge in [0.1, 0.15) is 17.5 Å². The molecule has 0 aliphatic rings. The fourth-order valence-corrected chi connectivity index (χ4v) is 5.12. The van der Waals surface area contributed by atoms with Crippen molar-refractivity contribution in [1.82, 2.24) is 19.5 Å². The number of hydrogen-bond donors (Lipinski definition) is 2. The van der Waals surface area contributed by atoms with Gasteiger partial charge >= 0.3 is 0 Å². The number of sulfonamides is 1. The van der Waals surface area contributed by atoms with E-state index in [9.17, 15) is 18.3 Å². The Hall–Kier alpha value is -4.61. The van der Waals surface area contributed by atoms with E-state index in [1.165, 1.54) is 42.7 Å². The molecule has 5 rings (SSSR count). The number of aryl methyl sites for hydroxylation is 2. The van der Waals surface area contributed by atoms with Crippen molar-refractivity contribution in [1.29, 1.82) is 0 Å². The number of benzene rings is 2. The van der Waals surface area contributed by atoms with Gasteiger partial charge in [-0.15, -0.1) is 0 Å². The zero-order valence-electron chi connectivity index (χ0n) is 20.7. The number of nitrogens with one attached hydrogen (secondary N) is 1. The van der Waals surface area contributed by atoms with Gasteiger partial charge in [-0.05, 0) is 56.3 Å². The number of rotatable bonds is 6. The molecular weight excluding hydrogens is 540 g/mol. The minimum atomic E-state index is -3.90. The number of halogens is 1. The highest BCUT2D eigenvalue weighted by Crippen LogP contribution is 2.27. The van der Waals surface area contributed by atoms with Crippen LogP contribution in [0.15, 0.2) is 87.6 Å². The fraction of sp³-hybridized carbons (Fsp3) is 0.0741. The molecule has 0 amide bonds. The maximum Gasteiger partial charge on any atom is 0.267 e. The second-order valence-corrected chi connectivity index (χ2v) is 10.7. The lowest BCUT2D eigenvalue weighted by Gasteiger charge is -2.13. The average molecular weight is 561 g/mol. The molecule has 0 radical (unpaired) electrons. The Morgan fingerprint density at radius 3 is 2.38 bits per heavy atom. The van der Waals surface area contributed by atoms with Crippen molar-refractivity contribution in [2.45, 2.75) is 18.7 Å². The first-order valence-electron chi connectivity index (χ1n) is 11.6. The second-order valence-electron chi connectivity index (χ2n) is 8.56. The van der Waals surface area contributed by atoms with Crippen LogP contribution < -0.4 is 10.3 Å². The number of hydrogen-bond acceptors (Lipinski definition) is 8. The molecule has 0 saturated carbocycles. The van der Waals surface area contributed by atoms with E-state index in [0.717, 1.165) is 4.57 Å². The molecule has 2 aromatic carbocycles. The van der Waals surface area contributed by atoms with E-state index in [1.54, 1.807) is 50.2 Å². The molecule has 196 valence electrons. The van der Waals surface area contributed by atoms with Crippen LogP contribution in [0, 0.1) is 13.8 Å². The number of anilines is 1. The lowest BCUT2D eigenvalue weighted by molar-refractivity contribution is 0.435. The Morgan fingerprint density at radius 1 is 1.00 bits per heavy atom. The zero-order chi connectivity index (χ0) is 27.7. The number of fused-ring (bicyclic) bond motifs is 1. The zero-order valence-corrected chi connectivity index (χ0v) is 22.3. The summed E-state index contributed by atoms with van der Waals surface area (Å²) >= 11 is 5.93. The van der Waals surface area contributed by atoms with Crippen LogP contribution in [0.2, 0.25) is 5.02 Å². The summed E-state index contributed by atoms with van der Waals surface area (Å²) in [6, 6.07) is 17.3. The van der Waals surface area contributed by atoms with Gasteiger partial charge in [-0.25, -0.2) is 27.9 Å². The van der Waals surface area contributed by atoms with Crippen molar-refractivity contribution < 1.29 is 13.5 Å². The van der Waals surface area contributed by atoms with E-state index in [2.05, 4.69) is 24.7 Å². The van der Waals surface area contributed by atoms with Crippen LogP contribution in [0.25, 0.3) is 16.6 Å². The second kappa shape index (κ2) is 10.3. The molecule has 10 nitrogen and oxygen atoms in total. The van der Waals surface area contributed by atoms with Crippen LogP contribution in [0.4, 0.5) is 11.5 Å². The summed E-state index contributed by atoms with van der Waals surface area (Å²) in [6.45, 7) is 3.43. The first-order chi connectivity index (χ1) is 18.6. The van der Waals surface area contributed by atoms with E-state index >= 15 is 0 Å². The fourth-order valence-electron chi connectivity index (χ4n) is 4.02. The molecule has 0 atom stereocenters. The summed E-state index contributed by atoms with van der Waals surface area (Å²) in [6.07, 6.45) is 2.79. The molecule has 5 aromatic rings. The van der Waals surface area contributed by atoms with Crippen LogP contribution in [0.1, 0.15) is 17.1 Å². The molecule has 3 heterocycles. The van der Waals surface area contributed by atoms with Gasteiger partial charge in [0, 0.05) is 34.9 Å². The van der Waals surface area contributed by atoms with Crippen molar-refractivity contribution in [3.05, 3.63) is 105 Å². The van der Waals surface area contributed by atoms with Gasteiger partial charge < -0.3 is 5.11 Å². The van der Waals surface area contributed by atoms with Crippen LogP contribution in [-0.4, -0.2) is 39.3 Å². The van der Waals surface area contributed by atoms with Crippen molar-refractivity contribution in [3.63, 3.8) is 0 Å². The summed E-state index contributed by atoms with van der Waals surface area (Å²) in [5, 5.41) is 12.3. The first-order valence-corrected chi connectivity index (χ1v) is 13.5. The van der Waals surface area contributed by atoms with Gasteiger partial charge in [0.2, 0.25) is 5.88 Å². The monoisotopic (exact) mass is 560 g/mol. The van der Waals surface area contributed by atoms with Crippen LogP contribution in [0.5, 0.6) is 5.88 Å². The van der Waals surface area contributed by atoms with Gasteiger partial charge in [0.05, 0.1) is 21.2 Å². The third-order valence-electron chi connectivity index (χ3n) is 5.74. The van der Waals surface area contributed by atoms with E-state index in [4.69, 9.17) is 11.6 Å². The molecule has 39 heavy (non-hydrogen) atoms. The van der Waals surface area contributed by atoms with Crippen molar-refractivity contribution in [2.24, 2.45) is 4.99 Å². The molecule has 0 aliphatic heterocycles. The van der Waals surface area contributed by atoms with Crippen LogP contribution >= 0.6 is 11.6 Å². The maximum absolute atomic E-state index is 13.2. The topological polar surface area (TPSA) is 139 Å². The standard InChI is InChI=1S/C27H21ClN6O4S/c1-16-13-24(32-17(2)31-16)33-39(37,38)20-10-8-19(9-11-20)29-15-23-21-5-3-4-6-22(21)26(35)34(27(23)36)25-12-7-18(28)14-30-25/h3-15,36H,1-2H3,(H,31,32,33). The Balaban J connectivity index is 1.49. The van der Waals surface area contributed by atoms with Gasteiger partial charge in [-0.3, -0.25) is 14.5 Å². The van der Waals surface area contributed by atoms with Gasteiger partial charge in [-0.1, -0.05) is 29.8 Å². The SMILES string of the molecule is Cc1cc(NS(=O)(=O)c2ccc(N=Cc3c(O)n(-c4ccc(Cl)cn4)c(=O)c4ccccc34)cc2)nc(C)n1. The van der Waals surface area contributed by atoms with Crippen molar-refractivity contribution in [2.75, 3.05) is 4.72 Å². The highest BCUT2D eigenvalue weighted by atomic mass is 35.5. The number of pyridine rings is 2. The Morgan fingerprint density at radius 2 is 1.72 bits per heavy atom. The molecule has 0 spiro atoms. The van der Waals surface area contributed by atoms with Gasteiger partial charge in [0.15, 0.2) is 0 Å². The smallest absolute Gasteiger partial charge is 0.267 e. The largest absolute Gasteiger partial charge is 0.494 e. The molecule has 0 saturated heterocycles. The first kappa shape index (κ1) is 26.0. The highest BCUT2D eigenvalue weighted by molar-refractivity contribution is 7.92. The quantitative estimate of drug-likeness (QED) is 0.287. The minimum Gasteiger partial charge on any atom is -0.494 e. The van der Waals surface area contributed by atoms with Crippen LogP contribution in [0.3, 0.4) is 0 Å². The van der Waals surface area contributed by atoms with E-state index in [1.807, 2.05) is 0 Å². The van der Waals surface area contributed by atoms with Crippen LogP contribution in [-0.2, 0) is 10.0 Å². The van der Waals surface area contributed by atoms with Gasteiger partial charge in [0.25, 0.3) is 15.6 Å². The van der Waals surface area contributed by atoms with E-state index in [-0.39, 0.29) is 28.0 Å². The number of nitrogens with zero attached hydrogens (tertiary/aromatic N) is 5. The lowest BCUT2D eigenvalue weighted by Crippen LogP contribution is -2.21. The molecule has 0 unspecified atom stereocenters. The number of aromatic nitrogens is 4. The predicted octanol–water partition coefficient (Wildman–Crippen LogP) is 4.70. The van der Waals surface area contributed by atoms with Crippen molar-refractivity contribution in [3.8, 4) is 11.7 Å². The molecule has 0 aliphatic carbocycles. The predicted molar refractivity (Wildman–Crippen MR) is 150 cm³/mol. The molecule has 2 N–H and O–H groups in total. The van der Waals surface area contributed by atoms with Crippen molar-refractivity contribution >= 4 is 50.1 Å². The Labute approximate surface area is 228 Å². The van der Waals surface area contributed by atoms with E-state index < -0.39 is 15.6 Å². The molecule has 3 aromatic heterocycles. The third kappa shape index (κ3) is 5.35. The van der Waals surface area contributed by atoms with Gasteiger partial charge in [-0.2, -0.15) is 0 Å². The number of aliphatic imine (C=N–C) groups is 1. The molecule has 12 heteroatoms. The number of aromatic hydroxyl groups is 1. The summed E-state index contributed by atoms with van der Waals surface area (Å²) < 4.78 is 29.2. The Kier molecular flexibility index (Phi) is 6.85. The summed E-state index contributed by atoms with van der Waals surface area (Å²) in [4.78, 5) is 30.0. The summed E-state index contributed by atoms with van der Waals surface area (Å²) in [7, 11) is -3.90. The summed E-state index contributed by atoms with van der Waals surface area (Å²) in [5.74, 6) is 0.468. The maximum atomic E-state index is 13.2. The summed E-state index contributed by atoms with van der Waals surface area (Å²) in [5.41, 5.74) is 0.897. The van der Waals surface area contributed by atoms with E-state index in [0.29, 0.717) is 33.0 Å². The molecule has 0 fully saturated rings. The average Bonchev–Trinajstić information content (AvgIpc) is 2.89. The normalized spacial score (nSPS) is 11.8. The lowest BCUT2D eigenvalue weighted by atomic mass is 10.1. The molecular formula is C27H21ClN6O4S. The Bertz CT molecular complexity index is 1880. The highest BCUT2D eigenvalue weighted by Gasteiger charge is 2.18. The minimum absolute atomic E-state index is 0.0195. The molecule has 0 bridgehead atoms. The third-order valence-corrected chi connectivity index (χ3v) is 7.33.